The molecule has 0 aliphatic heterocycles. The Balaban J connectivity index is 2.59. The number of aldehydes is 1. The van der Waals surface area contributed by atoms with Crippen molar-refractivity contribution in [1.29, 1.82) is 0 Å². The molecule has 0 amide bonds. The largest absolute Gasteiger partial charge is 0.396 e. The van der Waals surface area contributed by atoms with E-state index in [-0.39, 0.29) is 6.61 Å². The molecule has 0 atom stereocenters. The minimum atomic E-state index is 0.225. The molecule has 0 aromatic heterocycles. The molecule has 70 valence electrons. The van der Waals surface area contributed by atoms with Crippen LogP contribution in [0.3, 0.4) is 0 Å². The van der Waals surface area contributed by atoms with Gasteiger partial charge in [0.1, 0.15) is 6.29 Å². The number of carbonyl (C=O) groups is 1. The van der Waals surface area contributed by atoms with Crippen molar-refractivity contribution >= 4 is 6.29 Å². The van der Waals surface area contributed by atoms with Crippen LogP contribution >= 0.6 is 0 Å². The average molecular weight is 178 g/mol. The van der Waals surface area contributed by atoms with E-state index in [0.29, 0.717) is 0 Å². The third-order valence-electron chi connectivity index (χ3n) is 2.04. The molecule has 1 aromatic rings. The Morgan fingerprint density at radius 1 is 1.23 bits per heavy atom. The Hall–Kier alpha value is -1.15. The zero-order chi connectivity index (χ0) is 9.52. The number of aliphatic hydroxyl groups excluding tert-OH is 1. The second-order valence-corrected chi connectivity index (χ2v) is 3.00. The molecule has 0 spiro atoms. The molecule has 13 heavy (non-hydrogen) atoms. The van der Waals surface area contributed by atoms with Crippen LogP contribution in [0.2, 0.25) is 0 Å². The summed E-state index contributed by atoms with van der Waals surface area (Å²) >= 11 is 0. The highest BCUT2D eigenvalue weighted by Crippen LogP contribution is 2.09. The van der Waals surface area contributed by atoms with Crippen molar-refractivity contribution in [2.45, 2.75) is 19.3 Å². The summed E-state index contributed by atoms with van der Waals surface area (Å²) in [7, 11) is 0. The highest BCUT2D eigenvalue weighted by atomic mass is 16.2. The number of carbonyl (C=O) groups excluding carboxylic acids is 1. The fraction of sp³-hybridized carbons (Fsp3) is 0.364. The number of hydrogen-bond acceptors (Lipinski definition) is 2. The number of unbranched alkanes of at least 4 members (excludes halogenated alkanes) is 1. The molecule has 1 N–H and O–H groups in total. The summed E-state index contributed by atoms with van der Waals surface area (Å²) in [5.41, 5.74) is 1.84. The summed E-state index contributed by atoms with van der Waals surface area (Å²) in [6, 6.07) is 7.57. The molecule has 0 aliphatic carbocycles. The molecule has 2 nitrogen and oxygen atoms in total. The third-order valence-corrected chi connectivity index (χ3v) is 2.04. The van der Waals surface area contributed by atoms with Crippen LogP contribution in [-0.2, 0) is 6.42 Å². The van der Waals surface area contributed by atoms with Gasteiger partial charge in [0.2, 0.25) is 0 Å². The Morgan fingerprint density at radius 3 is 2.69 bits per heavy atom. The number of benzene rings is 1. The van der Waals surface area contributed by atoms with Gasteiger partial charge in [0.15, 0.2) is 0 Å². The Morgan fingerprint density at radius 2 is 2.00 bits per heavy atom. The zero-order valence-electron chi connectivity index (χ0n) is 7.57. The lowest BCUT2D eigenvalue weighted by molar-refractivity contribution is 0.112. The molecular formula is C11H14O2. The van der Waals surface area contributed by atoms with Gasteiger partial charge in [0.25, 0.3) is 0 Å². The molecule has 0 fully saturated rings. The van der Waals surface area contributed by atoms with Gasteiger partial charge in [-0.1, -0.05) is 24.3 Å². The maximum Gasteiger partial charge on any atom is 0.150 e. The summed E-state index contributed by atoms with van der Waals surface area (Å²) in [6.07, 6.45) is 3.48. The predicted octanol–water partition coefficient (Wildman–Crippen LogP) is 1.81. The van der Waals surface area contributed by atoms with Crippen molar-refractivity contribution in [2.24, 2.45) is 0 Å². The van der Waals surface area contributed by atoms with Crippen LogP contribution in [0.4, 0.5) is 0 Å². The van der Waals surface area contributed by atoms with E-state index >= 15 is 0 Å². The summed E-state index contributed by atoms with van der Waals surface area (Å²) in [4.78, 5) is 10.6. The number of hydrogen-bond donors (Lipinski definition) is 1. The lowest BCUT2D eigenvalue weighted by Crippen LogP contribution is -1.93. The molecule has 0 saturated carbocycles. The van der Waals surface area contributed by atoms with Gasteiger partial charge in [-0.3, -0.25) is 4.79 Å². The van der Waals surface area contributed by atoms with Gasteiger partial charge in [-0.2, -0.15) is 0 Å². The molecule has 1 rings (SSSR count). The fourth-order valence-electron chi connectivity index (χ4n) is 1.30. The smallest absolute Gasteiger partial charge is 0.150 e. The maximum atomic E-state index is 10.6. The molecule has 0 aliphatic rings. The summed E-state index contributed by atoms with van der Waals surface area (Å²) in [5.74, 6) is 0. The quantitative estimate of drug-likeness (QED) is 0.551. The van der Waals surface area contributed by atoms with Crippen molar-refractivity contribution in [1.82, 2.24) is 0 Å². The number of aryl methyl sites for hydroxylation is 1. The van der Waals surface area contributed by atoms with Gasteiger partial charge >= 0.3 is 0 Å². The molecule has 2 heteroatoms. The summed E-state index contributed by atoms with van der Waals surface area (Å²) in [5, 5.41) is 8.60. The first-order chi connectivity index (χ1) is 6.38. The van der Waals surface area contributed by atoms with E-state index in [1.165, 1.54) is 0 Å². The first-order valence-electron chi connectivity index (χ1n) is 4.52. The monoisotopic (exact) mass is 178 g/mol. The van der Waals surface area contributed by atoms with Gasteiger partial charge in [0.05, 0.1) is 0 Å². The second-order valence-electron chi connectivity index (χ2n) is 3.00. The topological polar surface area (TPSA) is 37.3 Å². The van der Waals surface area contributed by atoms with Crippen molar-refractivity contribution in [3.8, 4) is 0 Å². The van der Waals surface area contributed by atoms with Gasteiger partial charge < -0.3 is 5.11 Å². The molecule has 0 saturated heterocycles. The van der Waals surface area contributed by atoms with Crippen LogP contribution in [-0.4, -0.2) is 18.0 Å². The van der Waals surface area contributed by atoms with Gasteiger partial charge in [-0.05, 0) is 24.8 Å². The van der Waals surface area contributed by atoms with Gasteiger partial charge in [0, 0.05) is 12.2 Å². The van der Waals surface area contributed by atoms with Crippen LogP contribution in [0.5, 0.6) is 0 Å². The van der Waals surface area contributed by atoms with E-state index in [0.717, 1.165) is 36.7 Å². The minimum Gasteiger partial charge on any atom is -0.396 e. The Bertz CT molecular complexity index is 269. The van der Waals surface area contributed by atoms with E-state index < -0.39 is 0 Å². The van der Waals surface area contributed by atoms with Crippen LogP contribution in [0.1, 0.15) is 28.8 Å². The summed E-state index contributed by atoms with van der Waals surface area (Å²) in [6.45, 7) is 0.225. The molecule has 0 bridgehead atoms. The molecule has 0 radical (unpaired) electrons. The Labute approximate surface area is 78.2 Å². The normalized spacial score (nSPS) is 9.92. The van der Waals surface area contributed by atoms with Crippen molar-refractivity contribution in [2.75, 3.05) is 6.61 Å². The predicted molar refractivity (Wildman–Crippen MR) is 51.9 cm³/mol. The van der Waals surface area contributed by atoms with Crippen molar-refractivity contribution in [3.63, 3.8) is 0 Å². The number of aliphatic hydroxyl groups is 1. The van der Waals surface area contributed by atoms with Gasteiger partial charge in [-0.15, -0.1) is 0 Å². The highest BCUT2D eigenvalue weighted by Gasteiger charge is 1.98. The lowest BCUT2D eigenvalue weighted by atomic mass is 10.0. The van der Waals surface area contributed by atoms with Crippen molar-refractivity contribution < 1.29 is 9.90 Å². The van der Waals surface area contributed by atoms with Crippen LogP contribution < -0.4 is 0 Å². The van der Waals surface area contributed by atoms with E-state index in [2.05, 4.69) is 0 Å². The van der Waals surface area contributed by atoms with Crippen LogP contribution in [0, 0.1) is 0 Å². The zero-order valence-corrected chi connectivity index (χ0v) is 7.57. The third kappa shape index (κ3) is 2.99. The maximum absolute atomic E-state index is 10.6. The number of rotatable bonds is 5. The van der Waals surface area contributed by atoms with E-state index in [1.807, 2.05) is 24.3 Å². The van der Waals surface area contributed by atoms with E-state index in [1.54, 1.807) is 0 Å². The van der Waals surface area contributed by atoms with Crippen molar-refractivity contribution in [3.05, 3.63) is 35.4 Å². The minimum absolute atomic E-state index is 0.225. The molecular weight excluding hydrogens is 164 g/mol. The molecule has 0 heterocycles. The van der Waals surface area contributed by atoms with E-state index in [9.17, 15) is 4.79 Å². The molecule has 0 unspecified atom stereocenters. The first kappa shape index (κ1) is 9.93. The summed E-state index contributed by atoms with van der Waals surface area (Å²) < 4.78 is 0. The fourth-order valence-corrected chi connectivity index (χ4v) is 1.30. The highest BCUT2D eigenvalue weighted by molar-refractivity contribution is 5.77. The Kier molecular flexibility index (Phi) is 4.19. The second kappa shape index (κ2) is 5.49. The van der Waals surface area contributed by atoms with E-state index in [4.69, 9.17) is 5.11 Å². The first-order valence-corrected chi connectivity index (χ1v) is 4.52. The lowest BCUT2D eigenvalue weighted by Gasteiger charge is -2.02. The van der Waals surface area contributed by atoms with Gasteiger partial charge in [-0.25, -0.2) is 0 Å². The van der Waals surface area contributed by atoms with Crippen LogP contribution in [0.25, 0.3) is 0 Å². The van der Waals surface area contributed by atoms with Crippen LogP contribution in [0.15, 0.2) is 24.3 Å². The molecule has 1 aromatic carbocycles. The SMILES string of the molecule is O=Cc1ccccc1CCCCO. The standard InChI is InChI=1S/C11H14O2/c12-8-4-3-6-10-5-1-2-7-11(10)9-13/h1-2,5,7,9,12H,3-4,6,8H2. The average Bonchev–Trinajstić information content (AvgIpc) is 2.19.